The number of hydrogen-bond acceptors (Lipinski definition) is 5. The van der Waals surface area contributed by atoms with Gasteiger partial charge in [-0.25, -0.2) is 4.98 Å². The molecule has 31 heavy (non-hydrogen) atoms. The summed E-state index contributed by atoms with van der Waals surface area (Å²) >= 11 is 1.77. The second-order valence-corrected chi connectivity index (χ2v) is 9.54. The average molecular weight is 435 g/mol. The second kappa shape index (κ2) is 8.97. The number of pyridine rings is 1. The SMILES string of the molecule is CCN1CCN(c2nc(-c3ccc(C(=O)NC4CCCC4)cc3)cc3ccsc23)CC1. The third-order valence-electron chi connectivity index (χ3n) is 6.67. The highest BCUT2D eigenvalue weighted by atomic mass is 32.1. The second-order valence-electron chi connectivity index (χ2n) is 8.62. The highest BCUT2D eigenvalue weighted by molar-refractivity contribution is 7.17. The van der Waals surface area contributed by atoms with E-state index in [0.29, 0.717) is 6.04 Å². The number of carbonyl (C=O) groups excluding carboxylic acids is 1. The number of anilines is 1. The van der Waals surface area contributed by atoms with Gasteiger partial charge in [-0.3, -0.25) is 4.79 Å². The Morgan fingerprint density at radius 1 is 1.10 bits per heavy atom. The zero-order valence-corrected chi connectivity index (χ0v) is 19.0. The van der Waals surface area contributed by atoms with Crippen LogP contribution in [0.2, 0.25) is 0 Å². The fraction of sp³-hybridized carbons (Fsp3) is 0.440. The number of nitrogens with one attached hydrogen (secondary N) is 1. The molecule has 162 valence electrons. The Morgan fingerprint density at radius 3 is 2.55 bits per heavy atom. The van der Waals surface area contributed by atoms with Crippen molar-refractivity contribution in [2.24, 2.45) is 0 Å². The van der Waals surface area contributed by atoms with Crippen molar-refractivity contribution in [1.82, 2.24) is 15.2 Å². The van der Waals surface area contributed by atoms with Gasteiger partial charge in [-0.2, -0.15) is 0 Å². The molecule has 1 aliphatic heterocycles. The lowest BCUT2D eigenvalue weighted by molar-refractivity contribution is 0.0938. The van der Waals surface area contributed by atoms with Crippen molar-refractivity contribution in [3.05, 3.63) is 47.3 Å². The van der Waals surface area contributed by atoms with Crippen LogP contribution in [0.15, 0.2) is 41.8 Å². The van der Waals surface area contributed by atoms with E-state index in [2.05, 4.69) is 39.6 Å². The Balaban J connectivity index is 1.39. The predicted molar refractivity (Wildman–Crippen MR) is 129 cm³/mol. The quantitative estimate of drug-likeness (QED) is 0.628. The number of rotatable bonds is 5. The van der Waals surface area contributed by atoms with Gasteiger partial charge in [0.1, 0.15) is 5.82 Å². The van der Waals surface area contributed by atoms with Gasteiger partial charge < -0.3 is 15.1 Å². The minimum Gasteiger partial charge on any atom is -0.353 e. The zero-order valence-electron chi connectivity index (χ0n) is 18.1. The van der Waals surface area contributed by atoms with E-state index >= 15 is 0 Å². The Kier molecular flexibility index (Phi) is 5.92. The molecule has 1 aromatic carbocycles. The molecule has 5 rings (SSSR count). The van der Waals surface area contributed by atoms with Gasteiger partial charge in [0, 0.05) is 43.3 Å². The van der Waals surface area contributed by atoms with Crippen LogP contribution in [0, 0.1) is 0 Å². The van der Waals surface area contributed by atoms with Crippen molar-refractivity contribution >= 4 is 33.1 Å². The van der Waals surface area contributed by atoms with Crippen molar-refractivity contribution in [1.29, 1.82) is 0 Å². The first kappa shape index (κ1) is 20.5. The number of carbonyl (C=O) groups is 1. The van der Waals surface area contributed by atoms with Crippen LogP contribution in [0.5, 0.6) is 0 Å². The minimum absolute atomic E-state index is 0.0363. The summed E-state index contributed by atoms with van der Waals surface area (Å²) in [5, 5.41) is 6.56. The summed E-state index contributed by atoms with van der Waals surface area (Å²) in [6, 6.07) is 12.6. The summed E-state index contributed by atoms with van der Waals surface area (Å²) in [5.41, 5.74) is 2.75. The summed E-state index contributed by atoms with van der Waals surface area (Å²) in [5.74, 6) is 1.13. The Hall–Kier alpha value is -2.44. The average Bonchev–Trinajstić information content (AvgIpc) is 3.50. The number of nitrogens with zero attached hydrogens (tertiary/aromatic N) is 3. The van der Waals surface area contributed by atoms with E-state index in [1.165, 1.54) is 22.9 Å². The number of hydrogen-bond donors (Lipinski definition) is 1. The third-order valence-corrected chi connectivity index (χ3v) is 7.60. The highest BCUT2D eigenvalue weighted by Crippen LogP contribution is 2.34. The molecule has 0 radical (unpaired) electrons. The molecule has 0 atom stereocenters. The summed E-state index contributed by atoms with van der Waals surface area (Å²) in [7, 11) is 0. The van der Waals surface area contributed by atoms with Crippen molar-refractivity contribution in [3.63, 3.8) is 0 Å². The number of aromatic nitrogens is 1. The molecule has 1 saturated carbocycles. The minimum atomic E-state index is 0.0363. The first-order valence-electron chi connectivity index (χ1n) is 11.5. The van der Waals surface area contributed by atoms with Crippen molar-refractivity contribution in [3.8, 4) is 11.3 Å². The van der Waals surface area contributed by atoms with Crippen molar-refractivity contribution in [2.45, 2.75) is 38.6 Å². The molecule has 0 bridgehead atoms. The van der Waals surface area contributed by atoms with E-state index in [4.69, 9.17) is 4.98 Å². The topological polar surface area (TPSA) is 48.5 Å². The predicted octanol–water partition coefficient (Wildman–Crippen LogP) is 4.78. The van der Waals surface area contributed by atoms with E-state index in [1.807, 2.05) is 24.3 Å². The largest absolute Gasteiger partial charge is 0.353 e. The molecule has 3 aromatic rings. The lowest BCUT2D eigenvalue weighted by Gasteiger charge is -2.35. The van der Waals surface area contributed by atoms with Gasteiger partial charge in [-0.1, -0.05) is 31.9 Å². The fourth-order valence-electron chi connectivity index (χ4n) is 4.73. The van der Waals surface area contributed by atoms with Crippen LogP contribution >= 0.6 is 11.3 Å². The lowest BCUT2D eigenvalue weighted by Crippen LogP contribution is -2.46. The summed E-state index contributed by atoms with van der Waals surface area (Å²) < 4.78 is 1.27. The normalized spacial score (nSPS) is 18.0. The molecule has 2 aliphatic rings. The molecule has 1 N–H and O–H groups in total. The molecule has 0 spiro atoms. The summed E-state index contributed by atoms with van der Waals surface area (Å²) in [4.78, 5) is 22.6. The molecule has 1 amide bonds. The maximum Gasteiger partial charge on any atom is 0.251 e. The number of likely N-dealkylation sites (N-methyl/N-ethyl adjacent to an activating group) is 1. The zero-order chi connectivity index (χ0) is 21.2. The van der Waals surface area contributed by atoms with E-state index in [1.54, 1.807) is 11.3 Å². The maximum atomic E-state index is 12.6. The van der Waals surface area contributed by atoms with Gasteiger partial charge in [0.05, 0.1) is 10.4 Å². The van der Waals surface area contributed by atoms with Gasteiger partial charge in [0.25, 0.3) is 5.91 Å². The number of thiophene rings is 1. The van der Waals surface area contributed by atoms with E-state index in [-0.39, 0.29) is 5.91 Å². The number of fused-ring (bicyclic) bond motifs is 1. The lowest BCUT2D eigenvalue weighted by atomic mass is 10.1. The molecule has 2 fully saturated rings. The van der Waals surface area contributed by atoms with Gasteiger partial charge >= 0.3 is 0 Å². The first-order valence-corrected chi connectivity index (χ1v) is 12.4. The standard InChI is InChI=1S/C25H30N4OS/c1-2-28-12-14-29(15-13-28)24-23-20(11-16-31-23)17-22(27-24)18-7-9-19(10-8-18)25(30)26-21-5-3-4-6-21/h7-11,16-17,21H,2-6,12-15H2,1H3,(H,26,30). The molecule has 6 heteroatoms. The van der Waals surface area contributed by atoms with E-state index in [9.17, 15) is 4.79 Å². The highest BCUT2D eigenvalue weighted by Gasteiger charge is 2.21. The molecular weight excluding hydrogens is 404 g/mol. The summed E-state index contributed by atoms with van der Waals surface area (Å²) in [6.45, 7) is 7.52. The third kappa shape index (κ3) is 4.32. The fourth-order valence-corrected chi connectivity index (χ4v) is 5.62. The maximum absolute atomic E-state index is 12.6. The smallest absolute Gasteiger partial charge is 0.251 e. The molecule has 0 unspecified atom stereocenters. The molecular formula is C25H30N4OS. The van der Waals surface area contributed by atoms with Crippen LogP contribution in [-0.4, -0.2) is 54.6 Å². The van der Waals surface area contributed by atoms with Crippen LogP contribution in [0.25, 0.3) is 21.3 Å². The number of piperazine rings is 1. The molecule has 3 heterocycles. The number of amides is 1. The Labute approximate surface area is 188 Å². The van der Waals surface area contributed by atoms with Crippen LogP contribution in [0.1, 0.15) is 43.0 Å². The summed E-state index contributed by atoms with van der Waals surface area (Å²) in [6.07, 6.45) is 4.64. The molecule has 5 nitrogen and oxygen atoms in total. The van der Waals surface area contributed by atoms with E-state index < -0.39 is 0 Å². The van der Waals surface area contributed by atoms with Gasteiger partial charge in [0.2, 0.25) is 0 Å². The van der Waals surface area contributed by atoms with Crippen molar-refractivity contribution < 1.29 is 4.79 Å². The monoisotopic (exact) mass is 434 g/mol. The van der Waals surface area contributed by atoms with Gasteiger partial charge in [-0.05, 0) is 54.4 Å². The van der Waals surface area contributed by atoms with Gasteiger partial charge in [-0.15, -0.1) is 11.3 Å². The molecule has 2 aromatic heterocycles. The number of benzene rings is 1. The van der Waals surface area contributed by atoms with Crippen LogP contribution in [-0.2, 0) is 0 Å². The van der Waals surface area contributed by atoms with E-state index in [0.717, 1.165) is 68.2 Å². The van der Waals surface area contributed by atoms with Crippen LogP contribution in [0.3, 0.4) is 0 Å². The Morgan fingerprint density at radius 2 is 1.84 bits per heavy atom. The van der Waals surface area contributed by atoms with Gasteiger partial charge in [0.15, 0.2) is 0 Å². The Bertz CT molecular complexity index is 1050. The first-order chi connectivity index (χ1) is 15.2. The van der Waals surface area contributed by atoms with Crippen LogP contribution in [0.4, 0.5) is 5.82 Å². The molecule has 1 aliphatic carbocycles. The molecule has 1 saturated heterocycles. The van der Waals surface area contributed by atoms with Crippen molar-refractivity contribution in [2.75, 3.05) is 37.6 Å². The van der Waals surface area contributed by atoms with Crippen LogP contribution < -0.4 is 10.2 Å².